The Labute approximate surface area is 247 Å². The van der Waals surface area contributed by atoms with Gasteiger partial charge in [-0.2, -0.15) is 0 Å². The third-order valence-electron chi connectivity index (χ3n) is 3.47. The summed E-state index contributed by atoms with van der Waals surface area (Å²) in [7, 11) is 0. The average Bonchev–Trinajstić information content (AvgIpc) is 2.45. The molecule has 1 aliphatic heterocycles. The van der Waals surface area contributed by atoms with Crippen LogP contribution in [0.15, 0.2) is 12.3 Å². The number of aromatic hydroxyl groups is 1. The summed E-state index contributed by atoms with van der Waals surface area (Å²) in [4.78, 5) is 15.8. The second-order valence-electron chi connectivity index (χ2n) is 5.03. The number of nitrogens with zero attached hydrogens (tertiary/aromatic N) is 1. The zero-order chi connectivity index (χ0) is 15.7. The second-order valence-corrected chi connectivity index (χ2v) is 5.03. The van der Waals surface area contributed by atoms with Crippen LogP contribution in [0.4, 0.5) is 0 Å². The standard InChI is InChI=1S/C13H18N2O6.3Ac/c1-5-3-4-14-7(8(5)16)12(20)15-13-11(19)10(18)9(17)6(2)21-13;;;/h3-4,6,9-11,13,16-19H,1-2H3,(H,15,20);;;/t6-,9-,10+,11-,13-;;;/m0.../s1. The Morgan fingerprint density at radius 1 is 1.17 bits per heavy atom. The molecule has 125 valence electrons. The van der Waals surface area contributed by atoms with Crippen LogP contribution < -0.4 is 5.32 Å². The van der Waals surface area contributed by atoms with Gasteiger partial charge in [-0.15, -0.1) is 0 Å². The molecule has 11 heteroatoms. The predicted molar refractivity (Wildman–Crippen MR) is 70.5 cm³/mol. The summed E-state index contributed by atoms with van der Waals surface area (Å²) in [5, 5.41) is 41.2. The molecule has 2 rings (SSSR count). The zero-order valence-corrected chi connectivity index (χ0v) is 27.6. The number of aromatic nitrogens is 1. The van der Waals surface area contributed by atoms with E-state index >= 15 is 0 Å². The monoisotopic (exact) mass is 979 g/mol. The van der Waals surface area contributed by atoms with E-state index in [1.54, 1.807) is 13.0 Å². The van der Waals surface area contributed by atoms with E-state index in [2.05, 4.69) is 10.3 Å². The molecular formula is C13H18Ac3N2O6. The number of ether oxygens (including phenoxy) is 1. The first kappa shape index (κ1) is 28.8. The van der Waals surface area contributed by atoms with E-state index in [1.165, 1.54) is 13.1 Å². The van der Waals surface area contributed by atoms with Crippen LogP contribution in [0, 0.1) is 139 Å². The van der Waals surface area contributed by atoms with Crippen LogP contribution in [0.3, 0.4) is 0 Å². The maximum absolute atomic E-state index is 12.1. The zero-order valence-electron chi connectivity index (χ0n) is 13.3. The van der Waals surface area contributed by atoms with Gasteiger partial charge < -0.3 is 30.5 Å². The smallest absolute Gasteiger partial charge is 0.275 e. The first-order valence-corrected chi connectivity index (χ1v) is 6.48. The first-order chi connectivity index (χ1) is 9.82. The Morgan fingerprint density at radius 3 is 2.33 bits per heavy atom. The number of aryl methyl sites for hydroxylation is 1. The number of aliphatic hydroxyl groups excluding tert-OH is 3. The van der Waals surface area contributed by atoms with E-state index in [1.807, 2.05) is 0 Å². The van der Waals surface area contributed by atoms with Gasteiger partial charge in [0, 0.05) is 138 Å². The van der Waals surface area contributed by atoms with Gasteiger partial charge in [0.05, 0.1) is 6.10 Å². The van der Waals surface area contributed by atoms with E-state index in [4.69, 9.17) is 4.74 Å². The quantitative estimate of drug-likeness (QED) is 0.248. The molecule has 24 heavy (non-hydrogen) atoms. The van der Waals surface area contributed by atoms with Crippen molar-refractivity contribution in [2.24, 2.45) is 0 Å². The average molecular weight is 979 g/mol. The van der Waals surface area contributed by atoms with Gasteiger partial charge in [-0.05, 0) is 25.5 Å². The van der Waals surface area contributed by atoms with E-state index in [-0.39, 0.29) is 144 Å². The minimum atomic E-state index is -1.49. The van der Waals surface area contributed by atoms with Gasteiger partial charge >= 0.3 is 0 Å². The van der Waals surface area contributed by atoms with E-state index in [9.17, 15) is 25.2 Å². The molecule has 1 amide bonds. The topological polar surface area (TPSA) is 132 Å². The number of carbonyl (C=O) groups is 1. The van der Waals surface area contributed by atoms with E-state index < -0.39 is 36.6 Å². The van der Waals surface area contributed by atoms with Crippen molar-refractivity contribution in [3.8, 4) is 5.75 Å². The molecule has 0 unspecified atom stereocenters. The second kappa shape index (κ2) is 12.9. The normalized spacial score (nSPS) is 28.6. The molecule has 1 aromatic heterocycles. The van der Waals surface area contributed by atoms with Gasteiger partial charge in [0.2, 0.25) is 0 Å². The fourth-order valence-electron chi connectivity index (χ4n) is 2.08. The maximum atomic E-state index is 12.1. The molecule has 2 heterocycles. The number of pyridine rings is 1. The molecule has 3 radical (unpaired) electrons. The van der Waals surface area contributed by atoms with Gasteiger partial charge in [-0.1, -0.05) is 0 Å². The molecule has 5 atom stereocenters. The summed E-state index contributed by atoms with van der Waals surface area (Å²) in [6.45, 7) is 3.11. The Bertz CT molecular complexity index is 550. The van der Waals surface area contributed by atoms with E-state index in [0.717, 1.165) is 0 Å². The van der Waals surface area contributed by atoms with Crippen LogP contribution in [0.5, 0.6) is 5.75 Å². The van der Waals surface area contributed by atoms with Crippen molar-refractivity contribution in [2.75, 3.05) is 0 Å². The molecular weight excluding hydrogens is 961 g/mol. The fraction of sp³-hybridized carbons (Fsp3) is 0.538. The van der Waals surface area contributed by atoms with Crippen molar-refractivity contribution in [2.45, 2.75) is 44.5 Å². The Morgan fingerprint density at radius 2 is 1.75 bits per heavy atom. The minimum absolute atomic E-state index is 0. The summed E-state index contributed by atoms with van der Waals surface area (Å²) < 4.78 is 5.24. The van der Waals surface area contributed by atoms with Crippen molar-refractivity contribution in [1.82, 2.24) is 10.3 Å². The Balaban J connectivity index is 0. The van der Waals surface area contributed by atoms with Gasteiger partial charge in [0.25, 0.3) is 5.91 Å². The number of amides is 1. The molecule has 1 saturated heterocycles. The van der Waals surface area contributed by atoms with Crippen LogP contribution in [0.25, 0.3) is 0 Å². The number of carbonyl (C=O) groups excluding carboxylic acids is 1. The summed E-state index contributed by atoms with van der Waals surface area (Å²) in [6, 6.07) is 1.54. The number of rotatable bonds is 2. The summed E-state index contributed by atoms with van der Waals surface area (Å²) in [5.74, 6) is -1.02. The number of aliphatic hydroxyl groups is 3. The molecule has 1 aliphatic rings. The van der Waals surface area contributed by atoms with Gasteiger partial charge in [-0.3, -0.25) is 4.79 Å². The number of nitrogens with one attached hydrogen (secondary N) is 1. The minimum Gasteiger partial charge on any atom is -0.505 e. The van der Waals surface area contributed by atoms with Crippen molar-refractivity contribution >= 4 is 5.91 Å². The Kier molecular flexibility index (Phi) is 15.5. The molecule has 0 bridgehead atoms. The first-order valence-electron chi connectivity index (χ1n) is 6.48. The molecule has 8 nitrogen and oxygen atoms in total. The third-order valence-corrected chi connectivity index (χ3v) is 3.47. The van der Waals surface area contributed by atoms with Gasteiger partial charge in [0.1, 0.15) is 24.1 Å². The molecule has 0 aromatic carbocycles. The molecule has 1 fully saturated rings. The molecule has 1 aromatic rings. The van der Waals surface area contributed by atoms with Crippen molar-refractivity contribution in [1.29, 1.82) is 0 Å². The number of hydrogen-bond acceptors (Lipinski definition) is 7. The van der Waals surface area contributed by atoms with Crippen molar-refractivity contribution in [3.63, 3.8) is 0 Å². The van der Waals surface area contributed by atoms with E-state index in [0.29, 0.717) is 5.56 Å². The summed E-state index contributed by atoms with van der Waals surface area (Å²) in [6.07, 6.45) is -4.81. The third kappa shape index (κ3) is 6.88. The van der Waals surface area contributed by atoms with Gasteiger partial charge in [0.15, 0.2) is 11.9 Å². The molecule has 5 N–H and O–H groups in total. The maximum Gasteiger partial charge on any atom is 0.275 e. The fourth-order valence-corrected chi connectivity index (χ4v) is 2.08. The summed E-state index contributed by atoms with van der Waals surface area (Å²) in [5.41, 5.74) is 0.267. The van der Waals surface area contributed by atoms with Crippen molar-refractivity contribution < 1.29 is 162 Å². The van der Waals surface area contributed by atoms with Crippen LogP contribution in [0.1, 0.15) is 23.0 Å². The Hall–Kier alpha value is 2.58. The molecule has 0 spiro atoms. The summed E-state index contributed by atoms with van der Waals surface area (Å²) >= 11 is 0. The van der Waals surface area contributed by atoms with Crippen LogP contribution in [-0.2, 0) is 4.74 Å². The molecule has 0 saturated carbocycles. The van der Waals surface area contributed by atoms with Gasteiger partial charge in [-0.25, -0.2) is 4.98 Å². The number of hydrogen-bond donors (Lipinski definition) is 5. The molecule has 0 aliphatic carbocycles. The SMILES string of the molecule is Cc1ccnc(C(=O)N[C@H]2O[C@@H](C)[C@H](O)[C@@H](O)[C@@H]2O)c1O.[Ac].[Ac].[Ac]. The van der Waals surface area contributed by atoms with Crippen LogP contribution in [0.2, 0.25) is 0 Å². The van der Waals surface area contributed by atoms with Crippen LogP contribution in [-0.4, -0.2) is 62.0 Å². The largest absolute Gasteiger partial charge is 0.505 e. The van der Waals surface area contributed by atoms with Crippen molar-refractivity contribution in [3.05, 3.63) is 23.5 Å². The predicted octanol–water partition coefficient (Wildman–Crippen LogP) is -1.35. The van der Waals surface area contributed by atoms with Crippen LogP contribution >= 0.6 is 0 Å².